The maximum Gasteiger partial charge on any atom is 0.239 e. The van der Waals surface area contributed by atoms with Gasteiger partial charge in [0.2, 0.25) is 5.91 Å². The lowest BCUT2D eigenvalue weighted by Gasteiger charge is -2.38. The molecule has 5 heteroatoms. The Balaban J connectivity index is 1.79. The molecule has 0 aromatic carbocycles. The third-order valence-electron chi connectivity index (χ3n) is 4.45. The zero-order chi connectivity index (χ0) is 13.7. The fourth-order valence-electron chi connectivity index (χ4n) is 3.07. The number of amides is 1. The Kier molecular flexibility index (Phi) is 5.60. The first-order valence-electron chi connectivity index (χ1n) is 7.53. The Morgan fingerprint density at radius 2 is 1.89 bits per heavy atom. The highest BCUT2D eigenvalue weighted by atomic mass is 16.5. The second-order valence-electron chi connectivity index (χ2n) is 5.67. The number of nitrogens with zero attached hydrogens (tertiary/aromatic N) is 2. The largest absolute Gasteiger partial charge is 0.378 e. The molecule has 2 heterocycles. The minimum atomic E-state index is 0.0110. The number of rotatable bonds is 4. The minimum Gasteiger partial charge on any atom is -0.378 e. The summed E-state index contributed by atoms with van der Waals surface area (Å²) in [5, 5.41) is 0. The molecule has 0 saturated carbocycles. The summed E-state index contributed by atoms with van der Waals surface area (Å²) in [5.41, 5.74) is 5.61. The molecule has 19 heavy (non-hydrogen) atoms. The van der Waals surface area contributed by atoms with Crippen molar-refractivity contribution in [3.05, 3.63) is 0 Å². The van der Waals surface area contributed by atoms with E-state index in [1.807, 2.05) is 11.8 Å². The zero-order valence-corrected chi connectivity index (χ0v) is 12.0. The van der Waals surface area contributed by atoms with E-state index in [-0.39, 0.29) is 11.9 Å². The summed E-state index contributed by atoms with van der Waals surface area (Å²) in [6.07, 6.45) is 3.48. The lowest BCUT2D eigenvalue weighted by molar-refractivity contribution is -0.141. The van der Waals surface area contributed by atoms with Gasteiger partial charge in [-0.15, -0.1) is 0 Å². The SMILES string of the molecule is CC(C(=O)N1CCOCC1)N1CCC(CCN)CC1. The predicted octanol–water partition coefficient (Wildman–Crippen LogP) is 0.295. The quantitative estimate of drug-likeness (QED) is 0.797. The van der Waals surface area contributed by atoms with Gasteiger partial charge in [-0.25, -0.2) is 0 Å². The van der Waals surface area contributed by atoms with E-state index in [9.17, 15) is 4.79 Å². The van der Waals surface area contributed by atoms with E-state index in [0.717, 1.165) is 45.1 Å². The van der Waals surface area contributed by atoms with Crippen LogP contribution in [0, 0.1) is 5.92 Å². The summed E-state index contributed by atoms with van der Waals surface area (Å²) < 4.78 is 5.30. The van der Waals surface area contributed by atoms with E-state index in [1.165, 1.54) is 12.8 Å². The van der Waals surface area contributed by atoms with Crippen LogP contribution in [0.25, 0.3) is 0 Å². The van der Waals surface area contributed by atoms with Crippen LogP contribution in [0.3, 0.4) is 0 Å². The summed E-state index contributed by atoms with van der Waals surface area (Å²) in [7, 11) is 0. The molecule has 0 aliphatic carbocycles. The molecule has 5 nitrogen and oxygen atoms in total. The molecule has 0 aromatic rings. The number of carbonyl (C=O) groups excluding carboxylic acids is 1. The van der Waals surface area contributed by atoms with Crippen LogP contribution in [0.15, 0.2) is 0 Å². The van der Waals surface area contributed by atoms with Gasteiger partial charge in [0.05, 0.1) is 19.3 Å². The number of nitrogens with two attached hydrogens (primary N) is 1. The lowest BCUT2D eigenvalue weighted by atomic mass is 9.93. The minimum absolute atomic E-state index is 0.0110. The third-order valence-corrected chi connectivity index (χ3v) is 4.45. The summed E-state index contributed by atoms with van der Waals surface area (Å²) in [6, 6.07) is 0.0110. The van der Waals surface area contributed by atoms with Gasteiger partial charge in [0.1, 0.15) is 0 Å². The number of morpholine rings is 1. The molecular formula is C14H27N3O2. The molecular weight excluding hydrogens is 242 g/mol. The van der Waals surface area contributed by atoms with Crippen molar-refractivity contribution < 1.29 is 9.53 Å². The van der Waals surface area contributed by atoms with Gasteiger partial charge in [-0.05, 0) is 51.7 Å². The molecule has 1 unspecified atom stereocenters. The first-order valence-corrected chi connectivity index (χ1v) is 7.53. The average molecular weight is 269 g/mol. The van der Waals surface area contributed by atoms with Gasteiger partial charge in [-0.1, -0.05) is 0 Å². The molecule has 1 atom stereocenters. The van der Waals surface area contributed by atoms with Crippen molar-refractivity contribution in [2.45, 2.75) is 32.2 Å². The van der Waals surface area contributed by atoms with Gasteiger partial charge in [0.15, 0.2) is 0 Å². The van der Waals surface area contributed by atoms with Crippen LogP contribution >= 0.6 is 0 Å². The molecule has 2 aliphatic heterocycles. The standard InChI is InChI=1S/C14H27N3O2/c1-12(14(18)17-8-10-19-11-9-17)16-6-3-13(2-5-15)4-7-16/h12-13H,2-11,15H2,1H3. The summed E-state index contributed by atoms with van der Waals surface area (Å²) in [5.74, 6) is 1.02. The molecule has 1 amide bonds. The zero-order valence-electron chi connectivity index (χ0n) is 12.0. The summed E-state index contributed by atoms with van der Waals surface area (Å²) >= 11 is 0. The average Bonchev–Trinajstić information content (AvgIpc) is 2.48. The maximum atomic E-state index is 12.4. The van der Waals surface area contributed by atoms with Gasteiger partial charge in [0, 0.05) is 13.1 Å². The molecule has 0 bridgehead atoms. The van der Waals surface area contributed by atoms with Crippen molar-refractivity contribution in [1.29, 1.82) is 0 Å². The van der Waals surface area contributed by atoms with Gasteiger partial charge in [-0.3, -0.25) is 9.69 Å². The number of carbonyl (C=O) groups is 1. The monoisotopic (exact) mass is 269 g/mol. The molecule has 0 aromatic heterocycles. The molecule has 2 fully saturated rings. The van der Waals surface area contributed by atoms with E-state index in [0.29, 0.717) is 13.2 Å². The highest BCUT2D eigenvalue weighted by molar-refractivity contribution is 5.81. The lowest BCUT2D eigenvalue weighted by Crippen LogP contribution is -2.52. The molecule has 0 radical (unpaired) electrons. The van der Waals surface area contributed by atoms with Crippen molar-refractivity contribution in [3.63, 3.8) is 0 Å². The van der Waals surface area contributed by atoms with Crippen molar-refractivity contribution in [1.82, 2.24) is 9.80 Å². The number of ether oxygens (including phenoxy) is 1. The van der Waals surface area contributed by atoms with Crippen molar-refractivity contribution >= 4 is 5.91 Å². The second kappa shape index (κ2) is 7.22. The molecule has 2 N–H and O–H groups in total. The van der Waals surface area contributed by atoms with E-state index in [1.54, 1.807) is 0 Å². The van der Waals surface area contributed by atoms with Gasteiger partial charge in [-0.2, -0.15) is 0 Å². The predicted molar refractivity (Wildman–Crippen MR) is 74.8 cm³/mol. The molecule has 2 saturated heterocycles. The van der Waals surface area contributed by atoms with Gasteiger partial charge < -0.3 is 15.4 Å². The van der Waals surface area contributed by atoms with E-state index < -0.39 is 0 Å². The molecule has 110 valence electrons. The number of hydrogen-bond donors (Lipinski definition) is 1. The first kappa shape index (κ1) is 14.8. The highest BCUT2D eigenvalue weighted by Crippen LogP contribution is 2.22. The van der Waals surface area contributed by atoms with Crippen LogP contribution < -0.4 is 5.73 Å². The van der Waals surface area contributed by atoms with Crippen LogP contribution in [-0.4, -0.2) is 67.7 Å². The van der Waals surface area contributed by atoms with Gasteiger partial charge >= 0.3 is 0 Å². The smallest absolute Gasteiger partial charge is 0.239 e. The molecule has 0 spiro atoms. The van der Waals surface area contributed by atoms with E-state index >= 15 is 0 Å². The number of hydrogen-bond acceptors (Lipinski definition) is 4. The topological polar surface area (TPSA) is 58.8 Å². The highest BCUT2D eigenvalue weighted by Gasteiger charge is 2.29. The van der Waals surface area contributed by atoms with Crippen molar-refractivity contribution in [3.8, 4) is 0 Å². The Morgan fingerprint density at radius 1 is 1.26 bits per heavy atom. The normalized spacial score (nSPS) is 24.4. The Labute approximate surface area is 116 Å². The van der Waals surface area contributed by atoms with Crippen LogP contribution in [0.2, 0.25) is 0 Å². The third kappa shape index (κ3) is 3.91. The van der Waals surface area contributed by atoms with Crippen molar-refractivity contribution in [2.75, 3.05) is 45.9 Å². The number of likely N-dealkylation sites (tertiary alicyclic amines) is 1. The Hall–Kier alpha value is -0.650. The van der Waals surface area contributed by atoms with Crippen molar-refractivity contribution in [2.24, 2.45) is 11.7 Å². The van der Waals surface area contributed by atoms with E-state index in [2.05, 4.69) is 4.90 Å². The second-order valence-corrected chi connectivity index (χ2v) is 5.67. The molecule has 2 rings (SSSR count). The Bertz CT molecular complexity index is 284. The van der Waals surface area contributed by atoms with Crippen LogP contribution in [-0.2, 0) is 9.53 Å². The number of piperidine rings is 1. The summed E-state index contributed by atoms with van der Waals surface area (Å²) in [6.45, 7) is 7.73. The van der Waals surface area contributed by atoms with Gasteiger partial charge in [0.25, 0.3) is 0 Å². The van der Waals surface area contributed by atoms with Crippen LogP contribution in [0.1, 0.15) is 26.2 Å². The summed E-state index contributed by atoms with van der Waals surface area (Å²) in [4.78, 5) is 16.7. The van der Waals surface area contributed by atoms with E-state index in [4.69, 9.17) is 10.5 Å². The van der Waals surface area contributed by atoms with Crippen LogP contribution in [0.4, 0.5) is 0 Å². The molecule has 2 aliphatic rings. The fourth-order valence-corrected chi connectivity index (χ4v) is 3.07. The Morgan fingerprint density at radius 3 is 2.47 bits per heavy atom. The first-order chi connectivity index (χ1) is 9.22. The van der Waals surface area contributed by atoms with Crippen LogP contribution in [0.5, 0.6) is 0 Å². The fraction of sp³-hybridized carbons (Fsp3) is 0.929. The maximum absolute atomic E-state index is 12.4.